The molecular weight excluding hydrogens is 208 g/mol. The van der Waals surface area contributed by atoms with Gasteiger partial charge in [-0.1, -0.05) is 31.2 Å². The van der Waals surface area contributed by atoms with Crippen molar-refractivity contribution in [3.63, 3.8) is 0 Å². The van der Waals surface area contributed by atoms with Gasteiger partial charge in [0, 0.05) is 17.9 Å². The van der Waals surface area contributed by atoms with E-state index in [1.165, 1.54) is 5.56 Å². The summed E-state index contributed by atoms with van der Waals surface area (Å²) in [7, 11) is 0. The standard InChI is InChI=1S/C13H17ClO/c1-2-11-6-8-12(9-7-11)13(15)5-3-4-10-14/h6-9H,2-5,10H2,1H3. The van der Waals surface area contributed by atoms with Crippen molar-refractivity contribution in [2.24, 2.45) is 0 Å². The van der Waals surface area contributed by atoms with Crippen molar-refractivity contribution in [2.75, 3.05) is 5.88 Å². The highest BCUT2D eigenvalue weighted by Gasteiger charge is 2.04. The second-order valence-electron chi connectivity index (χ2n) is 3.62. The van der Waals surface area contributed by atoms with Crippen LogP contribution < -0.4 is 0 Å². The number of unbranched alkanes of at least 4 members (excludes halogenated alkanes) is 1. The highest BCUT2D eigenvalue weighted by molar-refractivity contribution is 6.17. The van der Waals surface area contributed by atoms with E-state index in [0.717, 1.165) is 24.8 Å². The average molecular weight is 225 g/mol. The Labute approximate surface area is 96.5 Å². The first-order chi connectivity index (χ1) is 7.27. The molecule has 0 N–H and O–H groups in total. The Morgan fingerprint density at radius 2 is 1.87 bits per heavy atom. The van der Waals surface area contributed by atoms with Crippen LogP contribution in [-0.4, -0.2) is 11.7 Å². The SMILES string of the molecule is CCc1ccc(C(=O)CCCCCl)cc1. The molecule has 1 nitrogen and oxygen atoms in total. The molecule has 0 aliphatic rings. The molecule has 1 rings (SSSR count). The number of hydrogen-bond acceptors (Lipinski definition) is 1. The highest BCUT2D eigenvalue weighted by atomic mass is 35.5. The lowest BCUT2D eigenvalue weighted by Gasteiger charge is -2.01. The molecule has 0 radical (unpaired) electrons. The van der Waals surface area contributed by atoms with E-state index in [4.69, 9.17) is 11.6 Å². The van der Waals surface area contributed by atoms with E-state index in [0.29, 0.717) is 12.3 Å². The smallest absolute Gasteiger partial charge is 0.162 e. The first-order valence-electron chi connectivity index (χ1n) is 5.46. The van der Waals surface area contributed by atoms with Crippen LogP contribution in [0.25, 0.3) is 0 Å². The third-order valence-corrected chi connectivity index (χ3v) is 2.74. The third-order valence-electron chi connectivity index (χ3n) is 2.47. The lowest BCUT2D eigenvalue weighted by atomic mass is 10.0. The van der Waals surface area contributed by atoms with Crippen molar-refractivity contribution in [1.29, 1.82) is 0 Å². The van der Waals surface area contributed by atoms with Gasteiger partial charge in [0.2, 0.25) is 0 Å². The summed E-state index contributed by atoms with van der Waals surface area (Å²) in [5, 5.41) is 0. The van der Waals surface area contributed by atoms with E-state index in [2.05, 4.69) is 6.92 Å². The molecule has 0 atom stereocenters. The Morgan fingerprint density at radius 1 is 1.20 bits per heavy atom. The van der Waals surface area contributed by atoms with Gasteiger partial charge < -0.3 is 0 Å². The average Bonchev–Trinajstić information content (AvgIpc) is 2.29. The van der Waals surface area contributed by atoms with Gasteiger partial charge in [-0.25, -0.2) is 0 Å². The summed E-state index contributed by atoms with van der Waals surface area (Å²) in [6.45, 7) is 2.11. The molecule has 2 heteroatoms. The Balaban J connectivity index is 2.50. The zero-order valence-electron chi connectivity index (χ0n) is 9.13. The second kappa shape index (κ2) is 6.62. The Bertz CT molecular complexity index is 303. The van der Waals surface area contributed by atoms with Gasteiger partial charge >= 0.3 is 0 Å². The quantitative estimate of drug-likeness (QED) is 0.408. The predicted octanol–water partition coefficient (Wildman–Crippen LogP) is 3.84. The molecule has 0 aromatic heterocycles. The Hall–Kier alpha value is -0.820. The maximum Gasteiger partial charge on any atom is 0.162 e. The summed E-state index contributed by atoms with van der Waals surface area (Å²) in [6.07, 6.45) is 3.43. The van der Waals surface area contributed by atoms with Crippen molar-refractivity contribution in [2.45, 2.75) is 32.6 Å². The molecule has 0 spiro atoms. The molecule has 1 aromatic rings. The molecule has 0 bridgehead atoms. The number of rotatable bonds is 6. The first kappa shape index (κ1) is 12.3. The minimum Gasteiger partial charge on any atom is -0.294 e. The molecule has 0 heterocycles. The Kier molecular flexibility index (Phi) is 5.41. The summed E-state index contributed by atoms with van der Waals surface area (Å²) in [4.78, 5) is 11.7. The third kappa shape index (κ3) is 4.05. The first-order valence-corrected chi connectivity index (χ1v) is 5.99. The summed E-state index contributed by atoms with van der Waals surface area (Å²) in [5.41, 5.74) is 2.09. The van der Waals surface area contributed by atoms with Crippen LogP contribution in [-0.2, 0) is 6.42 Å². The van der Waals surface area contributed by atoms with Crippen LogP contribution in [0.15, 0.2) is 24.3 Å². The monoisotopic (exact) mass is 224 g/mol. The maximum atomic E-state index is 11.7. The molecular formula is C13H17ClO. The van der Waals surface area contributed by atoms with Gasteiger partial charge in [-0.3, -0.25) is 4.79 Å². The molecule has 0 aliphatic heterocycles. The fourth-order valence-electron chi connectivity index (χ4n) is 1.45. The molecule has 1 aromatic carbocycles. The normalized spacial score (nSPS) is 10.3. The van der Waals surface area contributed by atoms with Gasteiger partial charge in [-0.05, 0) is 24.8 Å². The predicted molar refractivity (Wildman–Crippen MR) is 64.7 cm³/mol. The number of Topliss-reactive ketones (excluding diaryl/α,β-unsaturated/α-hetero) is 1. The minimum absolute atomic E-state index is 0.225. The number of aryl methyl sites for hydroxylation is 1. The molecule has 0 aliphatic carbocycles. The molecule has 82 valence electrons. The van der Waals surface area contributed by atoms with Gasteiger partial charge in [-0.15, -0.1) is 11.6 Å². The zero-order valence-corrected chi connectivity index (χ0v) is 9.89. The van der Waals surface area contributed by atoms with Gasteiger partial charge in [0.05, 0.1) is 0 Å². The summed E-state index contributed by atoms with van der Waals surface area (Å²) < 4.78 is 0. The number of carbonyl (C=O) groups is 1. The van der Waals surface area contributed by atoms with E-state index in [1.54, 1.807) is 0 Å². The van der Waals surface area contributed by atoms with Crippen molar-refractivity contribution in [1.82, 2.24) is 0 Å². The molecule has 0 saturated heterocycles. The minimum atomic E-state index is 0.225. The summed E-state index contributed by atoms with van der Waals surface area (Å²) in [5.74, 6) is 0.866. The molecule has 0 amide bonds. The van der Waals surface area contributed by atoms with Crippen LogP contribution in [0.1, 0.15) is 42.1 Å². The van der Waals surface area contributed by atoms with Crippen LogP contribution in [0.5, 0.6) is 0 Å². The molecule has 15 heavy (non-hydrogen) atoms. The van der Waals surface area contributed by atoms with Gasteiger partial charge in [0.1, 0.15) is 0 Å². The number of halogens is 1. The van der Waals surface area contributed by atoms with E-state index in [-0.39, 0.29) is 5.78 Å². The number of benzene rings is 1. The molecule has 0 unspecified atom stereocenters. The van der Waals surface area contributed by atoms with E-state index in [1.807, 2.05) is 24.3 Å². The van der Waals surface area contributed by atoms with Crippen molar-refractivity contribution in [3.05, 3.63) is 35.4 Å². The fraction of sp³-hybridized carbons (Fsp3) is 0.462. The van der Waals surface area contributed by atoms with Gasteiger partial charge in [-0.2, -0.15) is 0 Å². The lowest BCUT2D eigenvalue weighted by molar-refractivity contribution is 0.0980. The van der Waals surface area contributed by atoms with Crippen LogP contribution in [0, 0.1) is 0 Å². The van der Waals surface area contributed by atoms with Crippen LogP contribution in [0.2, 0.25) is 0 Å². The van der Waals surface area contributed by atoms with Crippen molar-refractivity contribution >= 4 is 17.4 Å². The molecule has 0 fully saturated rings. The Morgan fingerprint density at radius 3 is 2.40 bits per heavy atom. The topological polar surface area (TPSA) is 17.1 Å². The number of hydrogen-bond donors (Lipinski definition) is 0. The van der Waals surface area contributed by atoms with Gasteiger partial charge in [0.15, 0.2) is 5.78 Å². The summed E-state index contributed by atoms with van der Waals surface area (Å²) >= 11 is 5.56. The lowest BCUT2D eigenvalue weighted by Crippen LogP contribution is -1.99. The highest BCUT2D eigenvalue weighted by Crippen LogP contribution is 2.09. The van der Waals surface area contributed by atoms with Crippen molar-refractivity contribution < 1.29 is 4.79 Å². The number of alkyl halides is 1. The second-order valence-corrected chi connectivity index (χ2v) is 4.00. The van der Waals surface area contributed by atoms with E-state index >= 15 is 0 Å². The van der Waals surface area contributed by atoms with Gasteiger partial charge in [0.25, 0.3) is 0 Å². The largest absolute Gasteiger partial charge is 0.294 e. The van der Waals surface area contributed by atoms with Crippen molar-refractivity contribution in [3.8, 4) is 0 Å². The van der Waals surface area contributed by atoms with E-state index in [9.17, 15) is 4.79 Å². The maximum absolute atomic E-state index is 11.7. The zero-order chi connectivity index (χ0) is 11.1. The van der Waals surface area contributed by atoms with Crippen LogP contribution >= 0.6 is 11.6 Å². The van der Waals surface area contributed by atoms with E-state index < -0.39 is 0 Å². The number of carbonyl (C=O) groups excluding carboxylic acids is 1. The number of ketones is 1. The molecule has 0 saturated carbocycles. The van der Waals surface area contributed by atoms with Crippen LogP contribution in [0.3, 0.4) is 0 Å². The summed E-state index contributed by atoms with van der Waals surface area (Å²) in [6, 6.07) is 7.88. The van der Waals surface area contributed by atoms with Crippen LogP contribution in [0.4, 0.5) is 0 Å². The fourth-order valence-corrected chi connectivity index (χ4v) is 1.64.